The smallest absolute Gasteiger partial charge is 0.0540 e. The summed E-state index contributed by atoms with van der Waals surface area (Å²) < 4.78 is 2.37. The van der Waals surface area contributed by atoms with Crippen molar-refractivity contribution in [1.29, 1.82) is 0 Å². The predicted molar refractivity (Wildman–Crippen MR) is 190 cm³/mol. The van der Waals surface area contributed by atoms with Gasteiger partial charge < -0.3 is 9.55 Å². The monoisotopic (exact) mass is 560 g/mol. The molecule has 0 aliphatic heterocycles. The highest BCUT2D eigenvalue weighted by molar-refractivity contribution is 6.10. The number of allylic oxidation sites excluding steroid dienone is 11. The topological polar surface area (TPSA) is 20.7 Å². The Morgan fingerprint density at radius 2 is 1.26 bits per heavy atom. The normalized spacial score (nSPS) is 13.1. The summed E-state index contributed by atoms with van der Waals surface area (Å²) in [7, 11) is 0. The molecule has 0 radical (unpaired) electrons. The molecular weight excluding hydrogens is 520 g/mol. The maximum Gasteiger partial charge on any atom is 0.0540 e. The number of fused-ring (bicyclic) bond motifs is 6. The molecule has 0 saturated heterocycles. The molecule has 2 nitrogen and oxygen atoms in total. The van der Waals surface area contributed by atoms with E-state index >= 15 is 0 Å². The van der Waals surface area contributed by atoms with Crippen LogP contribution in [0.4, 0.5) is 0 Å². The third-order valence-electron chi connectivity index (χ3n) is 7.45. The molecule has 0 saturated carbocycles. The van der Waals surface area contributed by atoms with Crippen LogP contribution in [0.5, 0.6) is 0 Å². The minimum atomic E-state index is 0.981. The summed E-state index contributed by atoms with van der Waals surface area (Å²) in [6, 6.07) is 34.0. The van der Waals surface area contributed by atoms with E-state index in [1.54, 1.807) is 0 Å². The maximum atomic E-state index is 3.74. The van der Waals surface area contributed by atoms with E-state index in [1.807, 2.05) is 26.0 Å². The highest BCUT2D eigenvalue weighted by atomic mass is 15.0. The molecule has 1 aliphatic rings. The Kier molecular flexibility index (Phi) is 9.71. The Morgan fingerprint density at radius 3 is 1.81 bits per heavy atom. The molecule has 214 valence electrons. The molecule has 0 unspecified atom stereocenters. The van der Waals surface area contributed by atoms with E-state index in [1.165, 1.54) is 54.9 Å². The molecule has 2 heterocycles. The van der Waals surface area contributed by atoms with Crippen molar-refractivity contribution in [3.63, 3.8) is 0 Å². The van der Waals surface area contributed by atoms with Gasteiger partial charge in [0.1, 0.15) is 0 Å². The average molecular weight is 561 g/mol. The van der Waals surface area contributed by atoms with Crippen LogP contribution in [0.15, 0.2) is 163 Å². The van der Waals surface area contributed by atoms with Crippen molar-refractivity contribution < 1.29 is 0 Å². The SMILES string of the molecule is C=C(C)C=CC/C=C\C.CC1=CCC=C(n2c3ccccc3c3ccccc32)C=C1.c1ccc2c(c1)[nH]c1ccccc12. The minimum absolute atomic E-state index is 0.981. The number of rotatable bonds is 4. The fraction of sp³-hybridized carbons (Fsp3) is 0.122. The van der Waals surface area contributed by atoms with Gasteiger partial charge in [0.05, 0.1) is 11.0 Å². The summed E-state index contributed by atoms with van der Waals surface area (Å²) in [6.07, 6.45) is 19.3. The van der Waals surface area contributed by atoms with Crippen LogP contribution < -0.4 is 0 Å². The van der Waals surface area contributed by atoms with Crippen molar-refractivity contribution in [3.8, 4) is 0 Å². The summed E-state index contributed by atoms with van der Waals surface area (Å²) in [4.78, 5) is 3.38. The largest absolute Gasteiger partial charge is 0.355 e. The van der Waals surface area contributed by atoms with Crippen LogP contribution in [0, 0.1) is 0 Å². The van der Waals surface area contributed by atoms with Gasteiger partial charge in [-0.15, -0.1) is 0 Å². The van der Waals surface area contributed by atoms with E-state index in [0.717, 1.165) is 18.4 Å². The number of hydrogen-bond acceptors (Lipinski definition) is 0. The molecule has 43 heavy (non-hydrogen) atoms. The van der Waals surface area contributed by atoms with Crippen LogP contribution in [0.2, 0.25) is 0 Å². The van der Waals surface area contributed by atoms with Gasteiger partial charge in [0.2, 0.25) is 0 Å². The summed E-state index contributed by atoms with van der Waals surface area (Å²) >= 11 is 0. The molecule has 4 aromatic carbocycles. The van der Waals surface area contributed by atoms with E-state index in [-0.39, 0.29) is 0 Å². The molecule has 2 heteroatoms. The van der Waals surface area contributed by atoms with Crippen LogP contribution in [0.3, 0.4) is 0 Å². The third kappa shape index (κ3) is 7.05. The fourth-order valence-corrected chi connectivity index (χ4v) is 5.37. The number of aromatic nitrogens is 2. The predicted octanol–water partition coefficient (Wildman–Crippen LogP) is 11.9. The number of aromatic amines is 1. The molecule has 0 bridgehead atoms. The number of para-hydroxylation sites is 4. The number of H-pyrrole nitrogens is 1. The van der Waals surface area contributed by atoms with Gasteiger partial charge in [-0.3, -0.25) is 0 Å². The van der Waals surface area contributed by atoms with Crippen LogP contribution >= 0.6 is 0 Å². The van der Waals surface area contributed by atoms with E-state index in [0.29, 0.717) is 0 Å². The molecule has 6 aromatic rings. The van der Waals surface area contributed by atoms with Gasteiger partial charge in [-0.25, -0.2) is 0 Å². The van der Waals surface area contributed by atoms with Gasteiger partial charge in [-0.1, -0.05) is 133 Å². The van der Waals surface area contributed by atoms with Gasteiger partial charge in [0, 0.05) is 38.3 Å². The first-order chi connectivity index (χ1) is 21.1. The van der Waals surface area contributed by atoms with Crippen molar-refractivity contribution in [1.82, 2.24) is 9.55 Å². The molecule has 0 spiro atoms. The standard InChI is InChI=1S/C20H17N.C12H9N.C9H14/c1-15-7-6-8-16(14-13-15)21-19-11-4-2-9-17(19)18-10-3-5-12-20(18)21;1-3-7-11-9(5-1)10-6-2-4-8-12(10)13-11;1-4-5-6-7-8-9(2)3/h2-5,7-14H,6H2,1H3;1-8,13H;4-5,7-8H,2,6H2,1,3H3/b;;5-4-,8-7?. The zero-order valence-electron chi connectivity index (χ0n) is 25.4. The van der Waals surface area contributed by atoms with Crippen LogP contribution in [-0.2, 0) is 0 Å². The van der Waals surface area contributed by atoms with Crippen LogP contribution in [-0.4, -0.2) is 9.55 Å². The third-order valence-corrected chi connectivity index (χ3v) is 7.45. The lowest BCUT2D eigenvalue weighted by atomic mass is 10.2. The lowest BCUT2D eigenvalue weighted by Gasteiger charge is -2.08. The van der Waals surface area contributed by atoms with Gasteiger partial charge in [-0.05, 0) is 64.0 Å². The lowest BCUT2D eigenvalue weighted by Crippen LogP contribution is -1.94. The molecule has 2 aromatic heterocycles. The molecule has 1 N–H and O–H groups in total. The lowest BCUT2D eigenvalue weighted by molar-refractivity contribution is 1.22. The maximum absolute atomic E-state index is 3.74. The zero-order chi connectivity index (χ0) is 30.0. The quantitative estimate of drug-likeness (QED) is 0.163. The Balaban J connectivity index is 0.000000143. The Labute approximate surface area is 255 Å². The number of nitrogens with zero attached hydrogens (tertiary/aromatic N) is 1. The van der Waals surface area contributed by atoms with E-state index in [2.05, 4.69) is 157 Å². The van der Waals surface area contributed by atoms with Crippen molar-refractivity contribution >= 4 is 49.3 Å². The van der Waals surface area contributed by atoms with Crippen molar-refractivity contribution in [3.05, 3.63) is 163 Å². The zero-order valence-corrected chi connectivity index (χ0v) is 25.4. The minimum Gasteiger partial charge on any atom is -0.355 e. The van der Waals surface area contributed by atoms with E-state index in [4.69, 9.17) is 0 Å². The van der Waals surface area contributed by atoms with Crippen molar-refractivity contribution in [2.75, 3.05) is 0 Å². The Bertz CT molecular complexity index is 1910. The molecular formula is C41H40N2. The Morgan fingerprint density at radius 1 is 0.721 bits per heavy atom. The fourth-order valence-electron chi connectivity index (χ4n) is 5.37. The number of benzene rings is 4. The van der Waals surface area contributed by atoms with Crippen molar-refractivity contribution in [2.45, 2.75) is 33.6 Å². The molecule has 0 atom stereocenters. The van der Waals surface area contributed by atoms with Gasteiger partial charge >= 0.3 is 0 Å². The molecule has 1 aliphatic carbocycles. The summed E-state index contributed by atoms with van der Waals surface area (Å²) in [5, 5.41) is 5.24. The first-order valence-electron chi connectivity index (χ1n) is 15.0. The highest BCUT2D eigenvalue weighted by Crippen LogP contribution is 2.32. The van der Waals surface area contributed by atoms with Gasteiger partial charge in [0.25, 0.3) is 0 Å². The van der Waals surface area contributed by atoms with Gasteiger partial charge in [-0.2, -0.15) is 0 Å². The average Bonchev–Trinajstić information content (AvgIpc) is 3.49. The summed E-state index contributed by atoms with van der Waals surface area (Å²) in [5.74, 6) is 0. The second-order valence-corrected chi connectivity index (χ2v) is 10.8. The number of nitrogens with one attached hydrogen (secondary N) is 1. The second kappa shape index (κ2) is 14.2. The van der Waals surface area contributed by atoms with Crippen LogP contribution in [0.25, 0.3) is 49.3 Å². The molecule has 7 rings (SSSR count). The first-order valence-corrected chi connectivity index (χ1v) is 15.0. The Hall–Kier alpha value is -5.08. The summed E-state index contributed by atoms with van der Waals surface area (Å²) in [5.41, 5.74) is 8.65. The van der Waals surface area contributed by atoms with E-state index in [9.17, 15) is 0 Å². The summed E-state index contributed by atoms with van der Waals surface area (Å²) in [6.45, 7) is 9.91. The molecule has 0 fully saturated rings. The van der Waals surface area contributed by atoms with Crippen molar-refractivity contribution in [2.24, 2.45) is 0 Å². The van der Waals surface area contributed by atoms with E-state index < -0.39 is 0 Å². The molecule has 0 amide bonds. The first kappa shape index (κ1) is 29.4. The van der Waals surface area contributed by atoms with Gasteiger partial charge in [0.15, 0.2) is 0 Å². The van der Waals surface area contributed by atoms with Crippen LogP contribution in [0.1, 0.15) is 33.6 Å². The highest BCUT2D eigenvalue weighted by Gasteiger charge is 2.11. The number of hydrogen-bond donors (Lipinski definition) is 1. The second-order valence-electron chi connectivity index (χ2n) is 10.8.